The van der Waals surface area contributed by atoms with Crippen LogP contribution in [-0.2, 0) is 0 Å². The van der Waals surface area contributed by atoms with E-state index < -0.39 is 0 Å². The van der Waals surface area contributed by atoms with Crippen LogP contribution in [0.25, 0.3) is 0 Å². The highest BCUT2D eigenvalue weighted by Gasteiger charge is 2.07. The smallest absolute Gasteiger partial charge is 0.0671 e. The van der Waals surface area contributed by atoms with Crippen molar-refractivity contribution in [2.45, 2.75) is 13.8 Å². The van der Waals surface area contributed by atoms with E-state index in [1.54, 1.807) is 0 Å². The average molecular weight is 302 g/mol. The average Bonchev–Trinajstić information content (AvgIpc) is 2.53. The van der Waals surface area contributed by atoms with Crippen molar-refractivity contribution >= 4 is 28.7 Å². The van der Waals surface area contributed by atoms with Crippen molar-refractivity contribution < 1.29 is 0 Å². The molecule has 0 unspecified atom stereocenters. The van der Waals surface area contributed by atoms with Crippen LogP contribution in [0, 0.1) is 0 Å². The summed E-state index contributed by atoms with van der Waals surface area (Å²) in [5.74, 6) is 0. The Bertz CT molecular complexity index is 620. The van der Waals surface area contributed by atoms with Crippen LogP contribution >= 0.6 is 11.6 Å². The number of hydrogen-bond donors (Lipinski definition) is 1. The first-order chi connectivity index (χ1) is 10.2. The molecular weight excluding hydrogens is 282 g/mol. The van der Waals surface area contributed by atoms with Gasteiger partial charge in [-0.1, -0.05) is 29.8 Å². The number of anilines is 2. The van der Waals surface area contributed by atoms with Gasteiger partial charge in [0.1, 0.15) is 0 Å². The van der Waals surface area contributed by atoms with Crippen LogP contribution in [0.1, 0.15) is 19.4 Å². The zero-order chi connectivity index (χ0) is 15.2. The maximum atomic E-state index is 5.94. The fourth-order valence-electron chi connectivity index (χ4n) is 2.18. The number of rotatable bonds is 5. The molecule has 2 aromatic rings. The van der Waals surface area contributed by atoms with Crippen LogP contribution in [0.15, 0.2) is 53.6 Å². The Morgan fingerprint density at radius 2 is 1.81 bits per heavy atom. The van der Waals surface area contributed by atoms with Crippen molar-refractivity contribution in [2.24, 2.45) is 5.10 Å². The van der Waals surface area contributed by atoms with E-state index in [2.05, 4.69) is 18.3 Å². The lowest BCUT2D eigenvalue weighted by Crippen LogP contribution is -2.18. The summed E-state index contributed by atoms with van der Waals surface area (Å²) >= 11 is 5.94. The van der Waals surface area contributed by atoms with Gasteiger partial charge in [0.2, 0.25) is 0 Å². The second-order valence-electron chi connectivity index (χ2n) is 4.67. The Hall–Kier alpha value is -2.00. The molecule has 0 aliphatic rings. The molecule has 2 aromatic carbocycles. The summed E-state index contributed by atoms with van der Waals surface area (Å²) < 4.78 is 0. The van der Waals surface area contributed by atoms with Crippen molar-refractivity contribution in [3.05, 3.63) is 59.1 Å². The molecule has 0 aromatic heterocycles. The van der Waals surface area contributed by atoms with Gasteiger partial charge in [0, 0.05) is 29.9 Å². The number of nitrogens with zero attached hydrogens (tertiary/aromatic N) is 2. The molecule has 0 bridgehead atoms. The van der Waals surface area contributed by atoms with Crippen LogP contribution in [0.2, 0.25) is 5.02 Å². The lowest BCUT2D eigenvalue weighted by molar-refractivity contribution is 0.892. The van der Waals surface area contributed by atoms with E-state index in [9.17, 15) is 0 Å². The molecular formula is C17H20ClN3. The van der Waals surface area contributed by atoms with Gasteiger partial charge in [-0.05, 0) is 44.2 Å². The Balaban J connectivity index is 2.32. The summed E-state index contributed by atoms with van der Waals surface area (Å²) in [5.41, 5.74) is 4.18. The molecule has 0 spiro atoms. The number of hydrogen-bond acceptors (Lipinski definition) is 3. The molecule has 0 radical (unpaired) electrons. The van der Waals surface area contributed by atoms with Crippen molar-refractivity contribution in [1.29, 1.82) is 0 Å². The molecule has 0 atom stereocenters. The van der Waals surface area contributed by atoms with Crippen molar-refractivity contribution in [3.8, 4) is 0 Å². The van der Waals surface area contributed by atoms with E-state index in [0.29, 0.717) is 0 Å². The highest BCUT2D eigenvalue weighted by atomic mass is 35.5. The fraction of sp³-hybridized carbons (Fsp3) is 0.235. The highest BCUT2D eigenvalue weighted by Crippen LogP contribution is 2.20. The molecule has 3 nitrogen and oxygen atoms in total. The third-order valence-corrected chi connectivity index (χ3v) is 3.53. The molecule has 110 valence electrons. The van der Waals surface area contributed by atoms with Crippen LogP contribution in [0.5, 0.6) is 0 Å². The van der Waals surface area contributed by atoms with Crippen molar-refractivity contribution in [3.63, 3.8) is 0 Å². The predicted molar refractivity (Wildman–Crippen MR) is 92.7 cm³/mol. The third-order valence-electron chi connectivity index (χ3n) is 3.28. The minimum atomic E-state index is 0.732. The topological polar surface area (TPSA) is 27.6 Å². The second-order valence-corrected chi connectivity index (χ2v) is 5.11. The number of halogens is 1. The Kier molecular flexibility index (Phi) is 5.23. The number of para-hydroxylation sites is 1. The first kappa shape index (κ1) is 15.4. The summed E-state index contributed by atoms with van der Waals surface area (Å²) in [7, 11) is 1.92. The molecule has 0 saturated heterocycles. The van der Waals surface area contributed by atoms with E-state index in [4.69, 9.17) is 16.7 Å². The lowest BCUT2D eigenvalue weighted by Gasteiger charge is -2.19. The Labute approximate surface area is 131 Å². The predicted octanol–water partition coefficient (Wildman–Crippen LogP) is 4.63. The van der Waals surface area contributed by atoms with Crippen LogP contribution in [-0.4, -0.2) is 19.3 Å². The molecule has 0 aliphatic heterocycles. The highest BCUT2D eigenvalue weighted by molar-refractivity contribution is 6.30. The van der Waals surface area contributed by atoms with Gasteiger partial charge in [-0.2, -0.15) is 5.10 Å². The van der Waals surface area contributed by atoms with Gasteiger partial charge in [0.15, 0.2) is 0 Å². The molecule has 2 rings (SSSR count). The zero-order valence-corrected chi connectivity index (χ0v) is 13.4. The van der Waals surface area contributed by atoms with Gasteiger partial charge in [0.25, 0.3) is 0 Å². The summed E-state index contributed by atoms with van der Waals surface area (Å²) in [4.78, 5) is 0. The van der Waals surface area contributed by atoms with Crippen molar-refractivity contribution in [1.82, 2.24) is 0 Å². The van der Waals surface area contributed by atoms with E-state index in [0.717, 1.165) is 34.2 Å². The molecule has 0 amide bonds. The molecule has 1 N–H and O–H groups in total. The molecule has 0 heterocycles. The number of benzene rings is 2. The number of nitrogens with one attached hydrogen (secondary N) is 1. The minimum Gasteiger partial charge on any atom is -0.388 e. The summed E-state index contributed by atoms with van der Waals surface area (Å²) in [6.45, 7) is 4.89. The van der Waals surface area contributed by atoms with Gasteiger partial charge in [-0.3, -0.25) is 5.01 Å². The summed E-state index contributed by atoms with van der Waals surface area (Å²) in [6, 6.07) is 15.9. The largest absolute Gasteiger partial charge is 0.388 e. The molecule has 0 saturated carbocycles. The zero-order valence-electron chi connectivity index (χ0n) is 12.6. The van der Waals surface area contributed by atoms with Gasteiger partial charge < -0.3 is 5.32 Å². The van der Waals surface area contributed by atoms with Gasteiger partial charge in [0.05, 0.1) is 11.4 Å². The van der Waals surface area contributed by atoms with Crippen LogP contribution in [0.3, 0.4) is 0 Å². The SMILES string of the molecule is CCN(/N=C(/C)c1ccccc1NC)c1ccc(Cl)cc1. The first-order valence-corrected chi connectivity index (χ1v) is 7.39. The second kappa shape index (κ2) is 7.14. The van der Waals surface area contributed by atoms with E-state index in [-0.39, 0.29) is 0 Å². The van der Waals surface area contributed by atoms with E-state index in [1.165, 1.54) is 0 Å². The summed E-state index contributed by atoms with van der Waals surface area (Å²) in [5, 5.41) is 10.6. The maximum absolute atomic E-state index is 5.94. The quantitative estimate of drug-likeness (QED) is 0.644. The number of hydrazone groups is 1. The van der Waals surface area contributed by atoms with Crippen LogP contribution in [0.4, 0.5) is 11.4 Å². The lowest BCUT2D eigenvalue weighted by atomic mass is 10.1. The molecule has 0 aliphatic carbocycles. The van der Waals surface area contributed by atoms with E-state index in [1.807, 2.05) is 61.4 Å². The van der Waals surface area contributed by atoms with E-state index >= 15 is 0 Å². The molecule has 4 heteroatoms. The third kappa shape index (κ3) is 3.76. The van der Waals surface area contributed by atoms with Gasteiger partial charge in [-0.25, -0.2) is 0 Å². The molecule has 0 fully saturated rings. The fourth-order valence-corrected chi connectivity index (χ4v) is 2.30. The normalized spacial score (nSPS) is 11.3. The minimum absolute atomic E-state index is 0.732. The summed E-state index contributed by atoms with van der Waals surface area (Å²) in [6.07, 6.45) is 0. The molecule has 21 heavy (non-hydrogen) atoms. The van der Waals surface area contributed by atoms with Gasteiger partial charge >= 0.3 is 0 Å². The monoisotopic (exact) mass is 301 g/mol. The van der Waals surface area contributed by atoms with Crippen LogP contribution < -0.4 is 10.3 Å². The standard InChI is InChI=1S/C17H20ClN3/c1-4-21(15-11-9-14(18)10-12-15)20-13(2)16-7-5-6-8-17(16)19-3/h5-12,19H,4H2,1-3H3/b20-13-. The Morgan fingerprint density at radius 3 is 2.43 bits per heavy atom. The maximum Gasteiger partial charge on any atom is 0.0671 e. The van der Waals surface area contributed by atoms with Gasteiger partial charge in [-0.15, -0.1) is 0 Å². The first-order valence-electron chi connectivity index (χ1n) is 7.01. The Morgan fingerprint density at radius 1 is 1.14 bits per heavy atom. The van der Waals surface area contributed by atoms with Crippen molar-refractivity contribution in [2.75, 3.05) is 23.9 Å².